The molecule has 10 nitrogen and oxygen atoms in total. The number of hydrogen-bond acceptors (Lipinski definition) is 8. The van der Waals surface area contributed by atoms with Crippen LogP contribution in [0.1, 0.15) is 90.9 Å². The normalized spacial score (nSPS) is 15.0. The average Bonchev–Trinajstić information content (AvgIpc) is 2.75. The lowest BCUT2D eigenvalue weighted by atomic mass is 10.1. The van der Waals surface area contributed by atoms with Crippen molar-refractivity contribution in [2.45, 2.75) is 103 Å². The first kappa shape index (κ1) is 32.0. The van der Waals surface area contributed by atoms with E-state index in [-0.39, 0.29) is 6.61 Å². The second kappa shape index (κ2) is 20.4. The molecule has 0 bridgehead atoms. The first-order chi connectivity index (χ1) is 15.7. The molecule has 0 aliphatic rings. The highest BCUT2D eigenvalue weighted by atomic mass is 31.2. The second-order valence-electron chi connectivity index (χ2n) is 8.20. The van der Waals surface area contributed by atoms with Crippen LogP contribution in [-0.2, 0) is 32.7 Å². The van der Waals surface area contributed by atoms with Gasteiger partial charge in [0.1, 0.15) is 12.1 Å². The van der Waals surface area contributed by atoms with Crippen LogP contribution in [0, 0.1) is 0 Å². The molecule has 11 heteroatoms. The number of aliphatic carboxylic acids is 1. The maximum Gasteiger partial charge on any atom is 0.472 e. The minimum absolute atomic E-state index is 0.00620. The van der Waals surface area contributed by atoms with E-state index >= 15 is 0 Å². The minimum atomic E-state index is -4.55. The number of ether oxygens (including phenoxy) is 2. The van der Waals surface area contributed by atoms with Crippen LogP contribution in [0.15, 0.2) is 0 Å². The molecule has 0 rings (SSSR count). The molecule has 0 aromatic rings. The Kier molecular flexibility index (Phi) is 19.7. The zero-order valence-electron chi connectivity index (χ0n) is 20.2. The van der Waals surface area contributed by atoms with Gasteiger partial charge in [0.15, 0.2) is 0 Å². The third kappa shape index (κ3) is 21.3. The molecule has 0 saturated heterocycles. The highest BCUT2D eigenvalue weighted by molar-refractivity contribution is 7.47. The summed E-state index contributed by atoms with van der Waals surface area (Å²) in [6.07, 6.45) is 14.0. The molecule has 0 fully saturated rings. The Labute approximate surface area is 198 Å². The summed E-state index contributed by atoms with van der Waals surface area (Å²) in [6.45, 7) is 2.79. The number of carboxylic acid groups (broad SMARTS) is 1. The fraction of sp³-hybridized carbons (Fsp3) is 0.909. The number of phosphoric acid groups is 1. The van der Waals surface area contributed by atoms with Crippen LogP contribution >= 0.6 is 7.82 Å². The Hall–Kier alpha value is -1.03. The topological polar surface area (TPSA) is 155 Å². The molecule has 0 spiro atoms. The van der Waals surface area contributed by atoms with Crippen molar-refractivity contribution in [1.29, 1.82) is 0 Å². The SMILES string of the molecule is CCCCCCCCCCCCCCOC[C@H](COP(=O)(O)OC[C@H](N)C(=O)O)OC(C)=O. The number of carbonyl (C=O) groups is 2. The number of carboxylic acids is 1. The zero-order valence-corrected chi connectivity index (χ0v) is 21.1. The van der Waals surface area contributed by atoms with E-state index in [0.717, 1.165) is 19.3 Å². The van der Waals surface area contributed by atoms with Crippen molar-refractivity contribution in [2.75, 3.05) is 26.4 Å². The van der Waals surface area contributed by atoms with Gasteiger partial charge in [0, 0.05) is 13.5 Å². The summed E-state index contributed by atoms with van der Waals surface area (Å²) in [4.78, 5) is 31.5. The van der Waals surface area contributed by atoms with E-state index in [1.165, 1.54) is 64.7 Å². The van der Waals surface area contributed by atoms with Gasteiger partial charge in [-0.05, 0) is 6.42 Å². The van der Waals surface area contributed by atoms with Crippen molar-refractivity contribution < 1.29 is 42.7 Å². The van der Waals surface area contributed by atoms with Gasteiger partial charge in [-0.2, -0.15) is 0 Å². The Morgan fingerprint density at radius 3 is 1.82 bits per heavy atom. The molecule has 0 saturated carbocycles. The summed E-state index contributed by atoms with van der Waals surface area (Å²) in [5.74, 6) is -1.96. The largest absolute Gasteiger partial charge is 0.480 e. The van der Waals surface area contributed by atoms with Crippen molar-refractivity contribution in [3.8, 4) is 0 Å². The standard InChI is InChI=1S/C22H44NO9P/c1-3-4-5-6-7-8-9-10-11-12-13-14-15-29-16-20(32-19(2)24)17-30-33(27,28)31-18-21(23)22(25)26/h20-21H,3-18,23H2,1-2H3,(H,25,26)(H,27,28)/t20-,21+/m1/s1. The molecule has 4 N–H and O–H groups in total. The van der Waals surface area contributed by atoms with Crippen molar-refractivity contribution in [3.63, 3.8) is 0 Å². The van der Waals surface area contributed by atoms with Gasteiger partial charge in [0.25, 0.3) is 0 Å². The van der Waals surface area contributed by atoms with E-state index in [0.29, 0.717) is 6.61 Å². The molecule has 1 unspecified atom stereocenters. The van der Waals surface area contributed by atoms with Crippen molar-refractivity contribution in [1.82, 2.24) is 0 Å². The van der Waals surface area contributed by atoms with E-state index in [2.05, 4.69) is 11.4 Å². The van der Waals surface area contributed by atoms with Crippen LogP contribution in [0.2, 0.25) is 0 Å². The van der Waals surface area contributed by atoms with Crippen LogP contribution in [0.25, 0.3) is 0 Å². The van der Waals surface area contributed by atoms with Crippen LogP contribution in [0.3, 0.4) is 0 Å². The number of nitrogens with two attached hydrogens (primary N) is 1. The van der Waals surface area contributed by atoms with E-state index < -0.39 is 45.1 Å². The predicted molar refractivity (Wildman–Crippen MR) is 125 cm³/mol. The van der Waals surface area contributed by atoms with Gasteiger partial charge in [-0.3, -0.25) is 18.6 Å². The first-order valence-electron chi connectivity index (χ1n) is 12.0. The monoisotopic (exact) mass is 497 g/mol. The van der Waals surface area contributed by atoms with Gasteiger partial charge in [0.2, 0.25) is 0 Å². The minimum Gasteiger partial charge on any atom is -0.480 e. The number of unbranched alkanes of at least 4 members (excludes halogenated alkanes) is 11. The molecule has 0 aliphatic carbocycles. The molecule has 0 aromatic carbocycles. The molecular weight excluding hydrogens is 453 g/mol. The fourth-order valence-corrected chi connectivity index (χ4v) is 3.85. The summed E-state index contributed by atoms with van der Waals surface area (Å²) < 4.78 is 31.7. The summed E-state index contributed by atoms with van der Waals surface area (Å²) in [7, 11) is -4.55. The van der Waals surface area contributed by atoms with Gasteiger partial charge in [-0.1, -0.05) is 77.6 Å². The molecule has 196 valence electrons. The average molecular weight is 498 g/mol. The van der Waals surface area contributed by atoms with Gasteiger partial charge in [-0.25, -0.2) is 4.57 Å². The predicted octanol–water partition coefficient (Wildman–Crippen LogP) is 4.18. The Morgan fingerprint density at radius 2 is 1.33 bits per heavy atom. The highest BCUT2D eigenvalue weighted by Crippen LogP contribution is 2.43. The lowest BCUT2D eigenvalue weighted by Crippen LogP contribution is -2.34. The number of rotatable bonds is 23. The summed E-state index contributed by atoms with van der Waals surface area (Å²) in [6, 6.07) is -1.46. The van der Waals surface area contributed by atoms with Gasteiger partial charge in [0.05, 0.1) is 19.8 Å². The number of carbonyl (C=O) groups excluding carboxylic acids is 1. The van der Waals surface area contributed by atoms with Crippen molar-refractivity contribution >= 4 is 19.8 Å². The van der Waals surface area contributed by atoms with Gasteiger partial charge < -0.3 is 25.2 Å². The smallest absolute Gasteiger partial charge is 0.472 e. The number of phosphoric ester groups is 1. The quantitative estimate of drug-likeness (QED) is 0.106. The lowest BCUT2D eigenvalue weighted by Gasteiger charge is -2.19. The Balaban J connectivity index is 3.88. The van der Waals surface area contributed by atoms with Gasteiger partial charge >= 0.3 is 19.8 Å². The molecule has 33 heavy (non-hydrogen) atoms. The summed E-state index contributed by atoms with van der Waals surface area (Å²) in [5, 5.41) is 8.66. The maximum atomic E-state index is 11.8. The Bertz CT molecular complexity index is 562. The van der Waals surface area contributed by atoms with Crippen LogP contribution in [0.5, 0.6) is 0 Å². The third-order valence-corrected chi connectivity index (χ3v) is 5.89. The zero-order chi connectivity index (χ0) is 25.0. The number of hydrogen-bond donors (Lipinski definition) is 3. The van der Waals surface area contributed by atoms with E-state index in [4.69, 9.17) is 24.8 Å². The van der Waals surface area contributed by atoms with E-state index in [1.807, 2.05) is 0 Å². The summed E-state index contributed by atoms with van der Waals surface area (Å²) >= 11 is 0. The van der Waals surface area contributed by atoms with E-state index in [1.54, 1.807) is 0 Å². The third-order valence-electron chi connectivity index (χ3n) is 4.94. The molecule has 0 aliphatic heterocycles. The molecule has 0 radical (unpaired) electrons. The highest BCUT2D eigenvalue weighted by Gasteiger charge is 2.27. The van der Waals surface area contributed by atoms with Crippen LogP contribution in [-0.4, -0.2) is 60.5 Å². The maximum absolute atomic E-state index is 11.8. The Morgan fingerprint density at radius 1 is 0.848 bits per heavy atom. The first-order valence-corrected chi connectivity index (χ1v) is 13.5. The molecule has 0 heterocycles. The molecule has 3 atom stereocenters. The fourth-order valence-electron chi connectivity index (χ4n) is 3.07. The second-order valence-corrected chi connectivity index (χ2v) is 9.65. The molecule has 0 amide bonds. The van der Waals surface area contributed by atoms with Gasteiger partial charge in [-0.15, -0.1) is 0 Å². The van der Waals surface area contributed by atoms with Crippen LogP contribution < -0.4 is 5.73 Å². The number of esters is 1. The van der Waals surface area contributed by atoms with Crippen molar-refractivity contribution in [2.24, 2.45) is 5.73 Å². The molecular formula is C22H44NO9P. The summed E-state index contributed by atoms with van der Waals surface area (Å²) in [5.41, 5.74) is 5.21. The van der Waals surface area contributed by atoms with E-state index in [9.17, 15) is 19.0 Å². The lowest BCUT2D eigenvalue weighted by molar-refractivity contribution is -0.152. The van der Waals surface area contributed by atoms with Crippen LogP contribution in [0.4, 0.5) is 0 Å². The van der Waals surface area contributed by atoms with Crippen molar-refractivity contribution in [3.05, 3.63) is 0 Å². The molecule has 0 aromatic heterocycles.